The summed E-state index contributed by atoms with van der Waals surface area (Å²) in [5.41, 5.74) is 2.70. The Morgan fingerprint density at radius 3 is 3.10 bits per heavy atom. The molecule has 5 nitrogen and oxygen atoms in total. The summed E-state index contributed by atoms with van der Waals surface area (Å²) >= 11 is 6.02. The van der Waals surface area contributed by atoms with E-state index in [-0.39, 0.29) is 5.56 Å². The van der Waals surface area contributed by atoms with Crippen LogP contribution in [-0.4, -0.2) is 23.4 Å². The molecule has 0 aliphatic carbocycles. The van der Waals surface area contributed by atoms with Gasteiger partial charge in [-0.1, -0.05) is 11.6 Å². The number of hydrogen-bond donors (Lipinski definition) is 1. The molecular weight excluding hydrogens is 290 g/mol. The number of hydrogen-bond acceptors (Lipinski definition) is 4. The van der Waals surface area contributed by atoms with Crippen LogP contribution in [0.5, 0.6) is 5.75 Å². The van der Waals surface area contributed by atoms with Gasteiger partial charge in [-0.3, -0.25) is 4.79 Å². The third-order valence-electron chi connectivity index (χ3n) is 3.58. The summed E-state index contributed by atoms with van der Waals surface area (Å²) < 4.78 is 6.78. The molecule has 2 heterocycles. The zero-order chi connectivity index (χ0) is 14.8. The van der Waals surface area contributed by atoms with Crippen LogP contribution in [0.4, 0.5) is 0 Å². The lowest BCUT2D eigenvalue weighted by Gasteiger charge is -2.17. The third kappa shape index (κ3) is 2.94. The van der Waals surface area contributed by atoms with Crippen molar-refractivity contribution in [3.05, 3.63) is 56.5 Å². The number of benzene rings is 1. The van der Waals surface area contributed by atoms with Gasteiger partial charge in [-0.15, -0.1) is 0 Å². The van der Waals surface area contributed by atoms with Crippen LogP contribution in [-0.2, 0) is 19.5 Å². The van der Waals surface area contributed by atoms with Crippen molar-refractivity contribution in [2.45, 2.75) is 19.5 Å². The van der Waals surface area contributed by atoms with Gasteiger partial charge < -0.3 is 10.1 Å². The van der Waals surface area contributed by atoms with Crippen molar-refractivity contribution in [3.8, 4) is 5.75 Å². The molecule has 6 heteroatoms. The molecule has 110 valence electrons. The highest BCUT2D eigenvalue weighted by molar-refractivity contribution is 6.30. The maximum absolute atomic E-state index is 12.2. The van der Waals surface area contributed by atoms with Crippen molar-refractivity contribution in [2.24, 2.45) is 0 Å². The summed E-state index contributed by atoms with van der Waals surface area (Å²) in [6, 6.07) is 7.02. The average molecular weight is 306 g/mol. The van der Waals surface area contributed by atoms with Crippen LogP contribution in [0.1, 0.15) is 16.8 Å². The van der Waals surface area contributed by atoms with Gasteiger partial charge in [0.15, 0.2) is 0 Å². The van der Waals surface area contributed by atoms with Gasteiger partial charge in [0.1, 0.15) is 5.75 Å². The summed E-state index contributed by atoms with van der Waals surface area (Å²) in [4.78, 5) is 12.2. The lowest BCUT2D eigenvalue weighted by Crippen LogP contribution is -2.31. The van der Waals surface area contributed by atoms with E-state index in [1.54, 1.807) is 31.4 Å². The van der Waals surface area contributed by atoms with Gasteiger partial charge >= 0.3 is 0 Å². The monoisotopic (exact) mass is 305 g/mol. The van der Waals surface area contributed by atoms with Crippen LogP contribution < -0.4 is 15.6 Å². The van der Waals surface area contributed by atoms with Crippen molar-refractivity contribution in [3.63, 3.8) is 0 Å². The Labute approximate surface area is 127 Å². The smallest absolute Gasteiger partial charge is 0.267 e. The molecule has 21 heavy (non-hydrogen) atoms. The predicted octanol–water partition coefficient (Wildman–Crippen LogP) is 1.60. The van der Waals surface area contributed by atoms with E-state index in [0.717, 1.165) is 29.8 Å². The average Bonchev–Trinajstić information content (AvgIpc) is 2.48. The van der Waals surface area contributed by atoms with Crippen LogP contribution in [0.2, 0.25) is 5.02 Å². The topological polar surface area (TPSA) is 56.2 Å². The van der Waals surface area contributed by atoms with E-state index in [9.17, 15) is 4.79 Å². The van der Waals surface area contributed by atoms with Crippen LogP contribution in [0.3, 0.4) is 0 Å². The van der Waals surface area contributed by atoms with Crippen LogP contribution in [0.15, 0.2) is 29.1 Å². The molecule has 0 amide bonds. The quantitative estimate of drug-likeness (QED) is 0.936. The molecule has 0 bridgehead atoms. The Bertz CT molecular complexity index is 727. The van der Waals surface area contributed by atoms with E-state index >= 15 is 0 Å². The molecule has 1 aliphatic rings. The largest absolute Gasteiger partial charge is 0.496 e. The van der Waals surface area contributed by atoms with E-state index in [4.69, 9.17) is 16.3 Å². The normalized spacial score (nSPS) is 13.8. The minimum absolute atomic E-state index is 0.112. The highest BCUT2D eigenvalue weighted by atomic mass is 35.5. The van der Waals surface area contributed by atoms with Crippen molar-refractivity contribution >= 4 is 11.6 Å². The van der Waals surface area contributed by atoms with Crippen molar-refractivity contribution in [1.29, 1.82) is 0 Å². The molecule has 1 aromatic heterocycles. The van der Waals surface area contributed by atoms with E-state index < -0.39 is 0 Å². The molecule has 2 aromatic rings. The number of nitrogens with one attached hydrogen (secondary N) is 1. The molecule has 1 aliphatic heterocycles. The summed E-state index contributed by atoms with van der Waals surface area (Å²) in [6.45, 7) is 1.95. The zero-order valence-electron chi connectivity index (χ0n) is 11.7. The number of aromatic nitrogens is 2. The van der Waals surface area contributed by atoms with Gasteiger partial charge in [0.05, 0.1) is 19.3 Å². The van der Waals surface area contributed by atoms with E-state index in [1.165, 1.54) is 4.68 Å². The Kier molecular flexibility index (Phi) is 3.94. The van der Waals surface area contributed by atoms with Gasteiger partial charge in [-0.25, -0.2) is 4.68 Å². The van der Waals surface area contributed by atoms with Crippen LogP contribution in [0.25, 0.3) is 0 Å². The first-order valence-corrected chi connectivity index (χ1v) is 7.18. The minimum atomic E-state index is -0.112. The molecule has 0 saturated heterocycles. The molecule has 0 atom stereocenters. The van der Waals surface area contributed by atoms with Crippen molar-refractivity contribution < 1.29 is 4.74 Å². The maximum Gasteiger partial charge on any atom is 0.267 e. The molecule has 0 spiro atoms. The minimum Gasteiger partial charge on any atom is -0.496 e. The fraction of sp³-hybridized carbons (Fsp3) is 0.333. The summed E-state index contributed by atoms with van der Waals surface area (Å²) in [6.07, 6.45) is 0.836. The summed E-state index contributed by atoms with van der Waals surface area (Å²) in [5, 5.41) is 8.33. The number of halogens is 1. The molecule has 1 N–H and O–H groups in total. The van der Waals surface area contributed by atoms with Crippen LogP contribution >= 0.6 is 11.6 Å². The predicted molar refractivity (Wildman–Crippen MR) is 81.0 cm³/mol. The second-order valence-corrected chi connectivity index (χ2v) is 5.43. The van der Waals surface area contributed by atoms with Crippen molar-refractivity contribution in [1.82, 2.24) is 15.1 Å². The summed E-state index contributed by atoms with van der Waals surface area (Å²) in [5.74, 6) is 0.701. The first kappa shape index (κ1) is 14.1. The lowest BCUT2D eigenvalue weighted by atomic mass is 10.1. The number of ether oxygens (including phenoxy) is 1. The standard InChI is InChI=1S/C15H16ClN3O2/c1-21-14-3-2-12(16)6-11(14)9-19-15(20)7-10-8-17-5-4-13(10)18-19/h2-3,6-7,17H,4-5,8-9H2,1H3. The number of fused-ring (bicyclic) bond motifs is 1. The number of nitrogens with zero attached hydrogens (tertiary/aromatic N) is 2. The Balaban J connectivity index is 1.98. The zero-order valence-corrected chi connectivity index (χ0v) is 12.5. The number of methoxy groups -OCH3 is 1. The first-order valence-electron chi connectivity index (χ1n) is 6.80. The number of rotatable bonds is 3. The van der Waals surface area contributed by atoms with E-state index in [1.807, 2.05) is 0 Å². The molecule has 1 aromatic carbocycles. The highest BCUT2D eigenvalue weighted by Gasteiger charge is 2.14. The van der Waals surface area contributed by atoms with Gasteiger partial charge in [0.25, 0.3) is 5.56 Å². The van der Waals surface area contributed by atoms with E-state index in [2.05, 4.69) is 10.4 Å². The molecule has 3 rings (SSSR count). The molecule has 0 saturated carbocycles. The second kappa shape index (κ2) is 5.87. The SMILES string of the molecule is COc1ccc(Cl)cc1Cn1nc2c(cc1=O)CNCC2. The Morgan fingerprint density at radius 2 is 2.29 bits per heavy atom. The Hall–Kier alpha value is -1.85. The molecular formula is C15H16ClN3O2. The fourth-order valence-electron chi connectivity index (χ4n) is 2.50. The van der Waals surface area contributed by atoms with Gasteiger partial charge in [-0.05, 0) is 23.8 Å². The van der Waals surface area contributed by atoms with Gasteiger partial charge in [-0.2, -0.15) is 5.10 Å². The first-order chi connectivity index (χ1) is 10.2. The summed E-state index contributed by atoms with van der Waals surface area (Å²) in [7, 11) is 1.60. The third-order valence-corrected chi connectivity index (χ3v) is 3.82. The molecule has 0 radical (unpaired) electrons. The maximum atomic E-state index is 12.2. The van der Waals surface area contributed by atoms with E-state index in [0.29, 0.717) is 23.9 Å². The lowest BCUT2D eigenvalue weighted by molar-refractivity contribution is 0.406. The highest BCUT2D eigenvalue weighted by Crippen LogP contribution is 2.23. The van der Waals surface area contributed by atoms with Gasteiger partial charge in [0, 0.05) is 36.2 Å². The van der Waals surface area contributed by atoms with Gasteiger partial charge in [0.2, 0.25) is 0 Å². The van der Waals surface area contributed by atoms with Crippen LogP contribution in [0, 0.1) is 0 Å². The molecule has 0 unspecified atom stereocenters. The fourth-order valence-corrected chi connectivity index (χ4v) is 2.70. The van der Waals surface area contributed by atoms with Crippen molar-refractivity contribution in [2.75, 3.05) is 13.7 Å². The second-order valence-electron chi connectivity index (χ2n) is 5.00. The molecule has 0 fully saturated rings. The Morgan fingerprint density at radius 1 is 1.43 bits per heavy atom.